The molecule has 0 radical (unpaired) electrons. The van der Waals surface area contributed by atoms with Gasteiger partial charge in [-0.2, -0.15) is 5.11 Å². The Hall–Kier alpha value is -1.92. The monoisotopic (exact) mass is 321 g/mol. The third kappa shape index (κ3) is 2.84. The van der Waals surface area contributed by atoms with E-state index in [2.05, 4.69) is 16.3 Å². The summed E-state index contributed by atoms with van der Waals surface area (Å²) < 4.78 is 10.8. The minimum absolute atomic E-state index is 0.424. The Balaban J connectivity index is 1.78. The molecule has 6 nitrogen and oxygen atoms in total. The van der Waals surface area contributed by atoms with Gasteiger partial charge in [0.15, 0.2) is 5.38 Å². The largest absolute Gasteiger partial charge is 0.491 e. The molecule has 1 atom stereocenters. The highest BCUT2D eigenvalue weighted by Crippen LogP contribution is 2.35. The molecule has 22 heavy (non-hydrogen) atoms. The summed E-state index contributed by atoms with van der Waals surface area (Å²) in [5.74, 6) is 0.416. The first kappa shape index (κ1) is 15.0. The number of rotatable bonds is 5. The van der Waals surface area contributed by atoms with Gasteiger partial charge in [-0.3, -0.25) is 4.79 Å². The molecule has 0 bridgehead atoms. The summed E-state index contributed by atoms with van der Waals surface area (Å²) in [7, 11) is 1.64. The number of carbonyl (C=O) groups is 1. The van der Waals surface area contributed by atoms with Crippen LogP contribution in [0.15, 0.2) is 40.3 Å². The lowest BCUT2D eigenvalue weighted by Crippen LogP contribution is -2.28. The molecule has 1 aromatic rings. The molecule has 7 heteroatoms. The van der Waals surface area contributed by atoms with Crippen molar-refractivity contribution in [3.8, 4) is 5.75 Å². The second kappa shape index (κ2) is 6.46. The smallest absolute Gasteiger partial charge is 0.288 e. The van der Waals surface area contributed by atoms with Gasteiger partial charge < -0.3 is 14.4 Å². The number of fused-ring (bicyclic) bond motifs is 1. The zero-order valence-corrected chi connectivity index (χ0v) is 12.9. The summed E-state index contributed by atoms with van der Waals surface area (Å²) in [5, 5.41) is 6.41. The zero-order chi connectivity index (χ0) is 15.5. The van der Waals surface area contributed by atoms with Gasteiger partial charge in [-0.15, -0.1) is 16.7 Å². The van der Waals surface area contributed by atoms with Crippen LogP contribution >= 0.6 is 11.6 Å². The van der Waals surface area contributed by atoms with E-state index in [4.69, 9.17) is 21.1 Å². The van der Waals surface area contributed by atoms with Crippen LogP contribution < -0.4 is 4.74 Å². The van der Waals surface area contributed by atoms with Gasteiger partial charge in [0.2, 0.25) is 0 Å². The third-order valence-corrected chi connectivity index (χ3v) is 4.08. The summed E-state index contributed by atoms with van der Waals surface area (Å²) in [6.07, 6.45) is 1.55. The van der Waals surface area contributed by atoms with Crippen LogP contribution in [0.1, 0.15) is 11.1 Å². The molecule has 0 spiro atoms. The fourth-order valence-electron chi connectivity index (χ4n) is 2.57. The van der Waals surface area contributed by atoms with Crippen molar-refractivity contribution < 1.29 is 14.3 Å². The summed E-state index contributed by atoms with van der Waals surface area (Å²) in [4.78, 5) is 13.6. The highest BCUT2D eigenvalue weighted by Gasteiger charge is 2.32. The average molecular weight is 322 g/mol. The molecule has 0 N–H and O–H groups in total. The van der Waals surface area contributed by atoms with E-state index in [9.17, 15) is 4.79 Å². The maximum absolute atomic E-state index is 11.6. The fraction of sp³-hybridized carbons (Fsp3) is 0.400. The molecule has 0 saturated heterocycles. The molecule has 0 aliphatic carbocycles. The molecule has 0 saturated carbocycles. The molecule has 2 aliphatic rings. The Kier molecular flexibility index (Phi) is 4.40. The molecule has 116 valence electrons. The van der Waals surface area contributed by atoms with E-state index in [1.807, 2.05) is 17.0 Å². The summed E-state index contributed by atoms with van der Waals surface area (Å²) in [6, 6.07) is 5.95. The maximum atomic E-state index is 11.6. The van der Waals surface area contributed by atoms with Crippen LogP contribution in [0.5, 0.6) is 5.75 Å². The van der Waals surface area contributed by atoms with Crippen LogP contribution in [0.25, 0.3) is 0 Å². The number of carbonyl (C=O) groups excluding carboxylic acids is 1. The molecule has 0 aromatic heterocycles. The van der Waals surface area contributed by atoms with Gasteiger partial charge in [0, 0.05) is 25.8 Å². The minimum Gasteiger partial charge on any atom is -0.491 e. The molecule has 1 aromatic carbocycles. The topological polar surface area (TPSA) is 63.5 Å². The number of nitrogens with zero attached hydrogens (tertiary/aromatic N) is 3. The molecular weight excluding hydrogens is 306 g/mol. The number of ether oxygens (including phenoxy) is 2. The molecule has 1 unspecified atom stereocenters. The second-order valence-electron chi connectivity index (χ2n) is 5.06. The van der Waals surface area contributed by atoms with E-state index in [0.717, 1.165) is 16.9 Å². The van der Waals surface area contributed by atoms with Crippen LogP contribution in [-0.2, 0) is 22.6 Å². The summed E-state index contributed by atoms with van der Waals surface area (Å²) >= 11 is 6.14. The number of amides is 1. The van der Waals surface area contributed by atoms with Crippen molar-refractivity contribution in [3.05, 3.63) is 41.2 Å². The first-order valence-electron chi connectivity index (χ1n) is 6.97. The van der Waals surface area contributed by atoms with Gasteiger partial charge in [-0.05, 0) is 11.6 Å². The van der Waals surface area contributed by atoms with E-state index in [-0.39, 0.29) is 0 Å². The minimum atomic E-state index is -0.773. The van der Waals surface area contributed by atoms with Gasteiger partial charge in [-0.1, -0.05) is 12.1 Å². The maximum Gasteiger partial charge on any atom is 0.288 e. The highest BCUT2D eigenvalue weighted by molar-refractivity contribution is 6.33. The number of methoxy groups -OCH3 is 1. The summed E-state index contributed by atoms with van der Waals surface area (Å²) in [6.45, 7) is 2.35. The van der Waals surface area contributed by atoms with Crippen molar-refractivity contribution in [2.75, 3.05) is 20.3 Å². The van der Waals surface area contributed by atoms with Crippen molar-refractivity contribution in [2.45, 2.75) is 18.5 Å². The number of halogens is 1. The lowest BCUT2D eigenvalue weighted by atomic mass is 10.1. The van der Waals surface area contributed by atoms with E-state index < -0.39 is 11.3 Å². The van der Waals surface area contributed by atoms with Crippen LogP contribution in [0.4, 0.5) is 0 Å². The molecule has 2 aliphatic heterocycles. The van der Waals surface area contributed by atoms with Crippen molar-refractivity contribution in [3.63, 3.8) is 0 Å². The predicted octanol–water partition coefficient (Wildman–Crippen LogP) is 2.47. The van der Waals surface area contributed by atoms with Gasteiger partial charge in [0.1, 0.15) is 12.4 Å². The van der Waals surface area contributed by atoms with Gasteiger partial charge in [0.25, 0.3) is 5.91 Å². The number of hydrogen-bond acceptors (Lipinski definition) is 5. The Bertz CT molecular complexity index is 645. The molecule has 0 fully saturated rings. The van der Waals surface area contributed by atoms with Crippen molar-refractivity contribution in [2.24, 2.45) is 10.2 Å². The number of benzene rings is 1. The summed E-state index contributed by atoms with van der Waals surface area (Å²) in [5.41, 5.74) is 2.95. The predicted molar refractivity (Wildman–Crippen MR) is 80.6 cm³/mol. The number of azo groups is 1. The van der Waals surface area contributed by atoms with Crippen LogP contribution in [0.2, 0.25) is 0 Å². The normalized spacial score (nSPS) is 20.1. The second-order valence-corrected chi connectivity index (χ2v) is 5.50. The van der Waals surface area contributed by atoms with Gasteiger partial charge >= 0.3 is 0 Å². The Morgan fingerprint density at radius 1 is 1.36 bits per heavy atom. The highest BCUT2D eigenvalue weighted by atomic mass is 35.5. The van der Waals surface area contributed by atoms with Crippen LogP contribution in [0.3, 0.4) is 0 Å². The van der Waals surface area contributed by atoms with Crippen molar-refractivity contribution >= 4 is 17.5 Å². The van der Waals surface area contributed by atoms with Crippen LogP contribution in [-0.4, -0.2) is 36.5 Å². The van der Waals surface area contributed by atoms with Crippen LogP contribution in [0, 0.1) is 0 Å². The lowest BCUT2D eigenvalue weighted by Gasteiger charge is -2.24. The van der Waals surface area contributed by atoms with E-state index >= 15 is 0 Å². The number of alkyl halides is 1. The first-order valence-corrected chi connectivity index (χ1v) is 7.40. The van der Waals surface area contributed by atoms with Gasteiger partial charge in [0.05, 0.1) is 18.5 Å². The van der Waals surface area contributed by atoms with E-state index in [0.29, 0.717) is 32.0 Å². The molecular formula is C15H16ClN3O3. The Morgan fingerprint density at radius 2 is 2.23 bits per heavy atom. The standard InChI is InChI=1S/C15H16ClN3O3/c1-21-5-6-22-13-4-2-3-10-8-19(9-11(10)13)12-7-17-18-15(20)14(12)16/h2-4,7,14H,5-6,8-9H2,1H3. The SMILES string of the molecule is COCCOc1cccc2c1CN(C1=CN=NC(=O)C1Cl)C2. The quantitative estimate of drug-likeness (QED) is 0.617. The Morgan fingerprint density at radius 3 is 3.05 bits per heavy atom. The first-order chi connectivity index (χ1) is 10.7. The van der Waals surface area contributed by atoms with E-state index in [1.165, 1.54) is 0 Å². The van der Waals surface area contributed by atoms with E-state index in [1.54, 1.807) is 13.3 Å². The molecule has 2 heterocycles. The number of hydrogen-bond donors (Lipinski definition) is 0. The van der Waals surface area contributed by atoms with Crippen molar-refractivity contribution in [1.82, 2.24) is 4.90 Å². The van der Waals surface area contributed by atoms with Gasteiger partial charge in [-0.25, -0.2) is 0 Å². The Labute approximate surface area is 133 Å². The fourth-order valence-corrected chi connectivity index (χ4v) is 2.81. The zero-order valence-electron chi connectivity index (χ0n) is 12.2. The molecule has 1 amide bonds. The average Bonchev–Trinajstić information content (AvgIpc) is 2.95. The van der Waals surface area contributed by atoms with Crippen molar-refractivity contribution in [1.29, 1.82) is 0 Å². The molecule has 3 rings (SSSR count). The third-order valence-electron chi connectivity index (χ3n) is 3.67. The lowest BCUT2D eigenvalue weighted by molar-refractivity contribution is -0.117.